The monoisotopic (exact) mass is 235 g/mol. The lowest BCUT2D eigenvalue weighted by atomic mass is 10.1. The molecule has 0 aliphatic carbocycles. The van der Waals surface area contributed by atoms with Crippen molar-refractivity contribution < 1.29 is 0 Å². The minimum absolute atomic E-state index is 0.704. The number of nitrogens with zero attached hydrogens (tertiary/aromatic N) is 2. The third-order valence-electron chi connectivity index (χ3n) is 2.78. The second-order valence-corrected chi connectivity index (χ2v) is 4.39. The van der Waals surface area contributed by atoms with Crippen LogP contribution in [0.25, 0.3) is 0 Å². The smallest absolute Gasteiger partial charge is 0.0621 e. The summed E-state index contributed by atoms with van der Waals surface area (Å²) in [4.78, 5) is 0. The van der Waals surface area contributed by atoms with Crippen molar-refractivity contribution in [1.82, 2.24) is 5.32 Å². The average Bonchev–Trinajstić information content (AvgIpc) is 2.35. The summed E-state index contributed by atoms with van der Waals surface area (Å²) in [5, 5.41) is 20.2. The van der Waals surface area contributed by atoms with E-state index in [0.29, 0.717) is 12.8 Å². The van der Waals surface area contributed by atoms with Crippen LogP contribution in [0.5, 0.6) is 0 Å². The van der Waals surface area contributed by atoms with Crippen LogP contribution in [0, 0.1) is 22.7 Å². The summed E-state index contributed by atoms with van der Waals surface area (Å²) < 4.78 is 0. The Hall–Kier alpha value is -1.06. The molecule has 0 aromatic rings. The zero-order valence-electron chi connectivity index (χ0n) is 10.9. The molecule has 0 rings (SSSR count). The largest absolute Gasteiger partial charge is 0.317 e. The van der Waals surface area contributed by atoms with Gasteiger partial charge in [-0.25, -0.2) is 0 Å². The van der Waals surface area contributed by atoms with Crippen molar-refractivity contribution >= 4 is 0 Å². The van der Waals surface area contributed by atoms with E-state index >= 15 is 0 Å². The maximum absolute atomic E-state index is 8.36. The van der Waals surface area contributed by atoms with Crippen LogP contribution in [-0.2, 0) is 0 Å². The number of nitrogens with one attached hydrogen (secondary N) is 1. The molecule has 0 amide bonds. The molecular weight excluding hydrogens is 210 g/mol. The zero-order valence-corrected chi connectivity index (χ0v) is 10.9. The summed E-state index contributed by atoms with van der Waals surface area (Å²) in [7, 11) is 0. The Bertz CT molecular complexity index is 201. The van der Waals surface area contributed by atoms with Gasteiger partial charge in [-0.15, -0.1) is 0 Å². The van der Waals surface area contributed by atoms with E-state index in [2.05, 4.69) is 17.5 Å². The maximum Gasteiger partial charge on any atom is 0.0621 e. The van der Waals surface area contributed by atoms with Crippen molar-refractivity contribution in [2.24, 2.45) is 0 Å². The fraction of sp³-hybridized carbons (Fsp3) is 0.857. The van der Waals surface area contributed by atoms with Gasteiger partial charge in [-0.05, 0) is 38.8 Å². The molecule has 0 radical (unpaired) electrons. The number of hydrogen-bond donors (Lipinski definition) is 1. The SMILES string of the molecule is N#CCCCCCCNCCCCCCC#N. The average molecular weight is 235 g/mol. The topological polar surface area (TPSA) is 59.6 Å². The van der Waals surface area contributed by atoms with Crippen molar-refractivity contribution in [2.75, 3.05) is 13.1 Å². The van der Waals surface area contributed by atoms with Gasteiger partial charge in [0.15, 0.2) is 0 Å². The van der Waals surface area contributed by atoms with Gasteiger partial charge in [0.05, 0.1) is 12.1 Å². The van der Waals surface area contributed by atoms with E-state index in [1.165, 1.54) is 38.5 Å². The van der Waals surface area contributed by atoms with Gasteiger partial charge >= 0.3 is 0 Å². The Morgan fingerprint density at radius 1 is 0.588 bits per heavy atom. The highest BCUT2D eigenvalue weighted by Crippen LogP contribution is 2.02. The summed E-state index contributed by atoms with van der Waals surface area (Å²) in [6, 6.07) is 4.34. The molecule has 0 spiro atoms. The van der Waals surface area contributed by atoms with Crippen molar-refractivity contribution in [3.05, 3.63) is 0 Å². The Balaban J connectivity index is 2.90. The molecule has 0 bridgehead atoms. The Morgan fingerprint density at radius 3 is 1.41 bits per heavy atom. The second-order valence-electron chi connectivity index (χ2n) is 4.39. The van der Waals surface area contributed by atoms with Crippen LogP contribution < -0.4 is 5.32 Å². The van der Waals surface area contributed by atoms with Crippen LogP contribution >= 0.6 is 0 Å². The maximum atomic E-state index is 8.36. The Labute approximate surface area is 106 Å². The summed E-state index contributed by atoms with van der Waals surface area (Å²) in [6.45, 7) is 2.20. The molecule has 0 aromatic carbocycles. The zero-order chi connectivity index (χ0) is 12.6. The number of unbranched alkanes of at least 4 members (excludes halogenated alkanes) is 8. The van der Waals surface area contributed by atoms with E-state index < -0.39 is 0 Å². The summed E-state index contributed by atoms with van der Waals surface area (Å²) in [5.74, 6) is 0. The van der Waals surface area contributed by atoms with Crippen LogP contribution in [0.1, 0.15) is 64.2 Å². The summed E-state index contributed by atoms with van der Waals surface area (Å²) in [6.07, 6.45) is 10.8. The van der Waals surface area contributed by atoms with Gasteiger partial charge in [-0.3, -0.25) is 0 Å². The third kappa shape index (κ3) is 14.9. The first-order valence-corrected chi connectivity index (χ1v) is 6.86. The number of nitriles is 2. The predicted octanol–water partition coefficient (Wildman–Crippen LogP) is 3.52. The molecule has 1 N–H and O–H groups in total. The van der Waals surface area contributed by atoms with E-state index in [1.54, 1.807) is 0 Å². The highest BCUT2D eigenvalue weighted by molar-refractivity contribution is 4.68. The molecule has 0 unspecified atom stereocenters. The molecular formula is C14H25N3. The first-order valence-electron chi connectivity index (χ1n) is 6.86. The molecule has 0 aliphatic heterocycles. The quantitative estimate of drug-likeness (QED) is 0.526. The minimum Gasteiger partial charge on any atom is -0.317 e. The molecule has 0 aromatic heterocycles. The van der Waals surface area contributed by atoms with E-state index in [4.69, 9.17) is 10.5 Å². The molecule has 0 saturated heterocycles. The molecule has 0 atom stereocenters. The summed E-state index contributed by atoms with van der Waals surface area (Å²) >= 11 is 0. The van der Waals surface area contributed by atoms with Crippen LogP contribution in [-0.4, -0.2) is 13.1 Å². The van der Waals surface area contributed by atoms with Crippen molar-refractivity contribution in [1.29, 1.82) is 10.5 Å². The highest BCUT2D eigenvalue weighted by atomic mass is 14.8. The second kappa shape index (κ2) is 14.9. The third-order valence-corrected chi connectivity index (χ3v) is 2.78. The number of hydrogen-bond acceptors (Lipinski definition) is 3. The van der Waals surface area contributed by atoms with Gasteiger partial charge in [0.25, 0.3) is 0 Å². The lowest BCUT2D eigenvalue weighted by molar-refractivity contribution is 0.558. The van der Waals surface area contributed by atoms with Gasteiger partial charge in [0.1, 0.15) is 0 Å². The van der Waals surface area contributed by atoms with Gasteiger partial charge in [0.2, 0.25) is 0 Å². The van der Waals surface area contributed by atoms with Crippen LogP contribution in [0.2, 0.25) is 0 Å². The van der Waals surface area contributed by atoms with Gasteiger partial charge in [0, 0.05) is 12.8 Å². The van der Waals surface area contributed by atoms with Crippen molar-refractivity contribution in [3.8, 4) is 12.1 Å². The van der Waals surface area contributed by atoms with Gasteiger partial charge < -0.3 is 5.32 Å². The van der Waals surface area contributed by atoms with Crippen molar-refractivity contribution in [2.45, 2.75) is 64.2 Å². The van der Waals surface area contributed by atoms with E-state index in [9.17, 15) is 0 Å². The highest BCUT2D eigenvalue weighted by Gasteiger charge is 1.92. The molecule has 0 saturated carbocycles. The first-order chi connectivity index (χ1) is 8.41. The van der Waals surface area contributed by atoms with E-state index in [1.807, 2.05) is 0 Å². The Kier molecular flexibility index (Phi) is 14.0. The fourth-order valence-corrected chi connectivity index (χ4v) is 1.74. The molecule has 96 valence electrons. The normalized spacial score (nSPS) is 9.76. The molecule has 0 fully saturated rings. The van der Waals surface area contributed by atoms with Gasteiger partial charge in [-0.1, -0.05) is 25.7 Å². The molecule has 0 heterocycles. The standard InChI is InChI=1S/C14H25N3/c15-11-7-3-1-5-9-13-17-14-10-6-2-4-8-12-16/h17H,1-10,13-14H2. The Morgan fingerprint density at radius 2 is 1.00 bits per heavy atom. The summed E-state index contributed by atoms with van der Waals surface area (Å²) in [5.41, 5.74) is 0. The fourth-order valence-electron chi connectivity index (χ4n) is 1.74. The predicted molar refractivity (Wildman–Crippen MR) is 70.3 cm³/mol. The van der Waals surface area contributed by atoms with Crippen LogP contribution in [0.15, 0.2) is 0 Å². The van der Waals surface area contributed by atoms with E-state index in [-0.39, 0.29) is 0 Å². The molecule has 0 aliphatic rings. The minimum atomic E-state index is 0.704. The lowest BCUT2D eigenvalue weighted by Crippen LogP contribution is -2.16. The molecule has 3 nitrogen and oxygen atoms in total. The van der Waals surface area contributed by atoms with Gasteiger partial charge in [-0.2, -0.15) is 10.5 Å². The molecule has 3 heteroatoms. The lowest BCUT2D eigenvalue weighted by Gasteiger charge is -2.04. The van der Waals surface area contributed by atoms with Crippen LogP contribution in [0.4, 0.5) is 0 Å². The van der Waals surface area contributed by atoms with E-state index in [0.717, 1.165) is 25.9 Å². The first kappa shape index (κ1) is 15.9. The molecule has 17 heavy (non-hydrogen) atoms. The number of rotatable bonds is 12. The van der Waals surface area contributed by atoms with Crippen molar-refractivity contribution in [3.63, 3.8) is 0 Å². The van der Waals surface area contributed by atoms with Crippen LogP contribution in [0.3, 0.4) is 0 Å².